The van der Waals surface area contributed by atoms with Crippen LogP contribution in [0, 0.1) is 22.7 Å². The number of rotatable bonds is 5. The number of esters is 1. The van der Waals surface area contributed by atoms with E-state index in [1.807, 2.05) is 26.8 Å². The van der Waals surface area contributed by atoms with E-state index in [0.29, 0.717) is 12.0 Å². The monoisotopic (exact) mass is 347 g/mol. The fourth-order valence-corrected chi connectivity index (χ4v) is 4.06. The topological polar surface area (TPSA) is 76.4 Å². The molecule has 25 heavy (non-hydrogen) atoms. The number of nitriles is 1. The first-order valence-corrected chi connectivity index (χ1v) is 9.12. The summed E-state index contributed by atoms with van der Waals surface area (Å²) >= 11 is 0. The summed E-state index contributed by atoms with van der Waals surface area (Å²) in [6.45, 7) is 10.2. The van der Waals surface area contributed by atoms with Crippen LogP contribution in [0.3, 0.4) is 0 Å². The predicted molar refractivity (Wildman–Crippen MR) is 93.6 cm³/mol. The van der Waals surface area contributed by atoms with E-state index in [9.17, 15) is 14.9 Å². The normalized spacial score (nSPS) is 27.7. The van der Waals surface area contributed by atoms with Gasteiger partial charge in [0.25, 0.3) is 0 Å². The van der Waals surface area contributed by atoms with E-state index in [0.717, 1.165) is 24.8 Å². The number of carbonyl (C=O) groups excluding carboxylic acids is 2. The molecule has 0 bridgehead atoms. The minimum Gasteiger partial charge on any atom is -0.465 e. The van der Waals surface area contributed by atoms with Gasteiger partial charge in [0, 0.05) is 18.3 Å². The Morgan fingerprint density at radius 2 is 2.08 bits per heavy atom. The summed E-state index contributed by atoms with van der Waals surface area (Å²) in [5, 5.41) is 9.34. The molecule has 0 heterocycles. The number of hydrogen-bond acceptors (Lipinski definition) is 5. The molecule has 0 aromatic heterocycles. The van der Waals surface area contributed by atoms with E-state index in [1.165, 1.54) is 0 Å². The fraction of sp³-hybridized carbons (Fsp3) is 0.750. The second-order valence-electron chi connectivity index (χ2n) is 8.19. The molecule has 2 rings (SSSR count). The lowest BCUT2D eigenvalue weighted by atomic mass is 9.70. The van der Waals surface area contributed by atoms with Gasteiger partial charge >= 0.3 is 5.97 Å². The molecule has 5 heteroatoms. The van der Waals surface area contributed by atoms with Crippen molar-refractivity contribution in [3.05, 3.63) is 11.1 Å². The molecule has 0 amide bonds. The van der Waals surface area contributed by atoms with Gasteiger partial charge in [0.2, 0.25) is 0 Å². The van der Waals surface area contributed by atoms with Crippen molar-refractivity contribution in [1.29, 1.82) is 5.26 Å². The Kier molecular flexibility index (Phi) is 5.73. The molecule has 0 aromatic carbocycles. The fourth-order valence-electron chi connectivity index (χ4n) is 4.06. The van der Waals surface area contributed by atoms with Crippen LogP contribution in [0.2, 0.25) is 0 Å². The molecule has 0 aliphatic heterocycles. The molecule has 1 unspecified atom stereocenters. The van der Waals surface area contributed by atoms with Crippen molar-refractivity contribution in [2.45, 2.75) is 78.4 Å². The zero-order chi connectivity index (χ0) is 18.8. The number of ether oxygens (including phenoxy) is 2. The van der Waals surface area contributed by atoms with Crippen LogP contribution in [-0.4, -0.2) is 30.1 Å². The molecular weight excluding hydrogens is 318 g/mol. The first-order chi connectivity index (χ1) is 11.6. The second-order valence-corrected chi connectivity index (χ2v) is 8.19. The van der Waals surface area contributed by atoms with Crippen molar-refractivity contribution in [2.24, 2.45) is 11.3 Å². The maximum atomic E-state index is 12.5. The van der Waals surface area contributed by atoms with E-state index >= 15 is 0 Å². The van der Waals surface area contributed by atoms with Crippen LogP contribution in [0.4, 0.5) is 0 Å². The molecule has 2 aliphatic carbocycles. The number of allylic oxidation sites excluding steroid dienone is 1. The summed E-state index contributed by atoms with van der Waals surface area (Å²) in [4.78, 5) is 24.5. The molecular formula is C20H29NO4. The van der Waals surface area contributed by atoms with Crippen molar-refractivity contribution >= 4 is 11.8 Å². The third-order valence-corrected chi connectivity index (χ3v) is 5.26. The highest BCUT2D eigenvalue weighted by molar-refractivity contribution is 5.98. The van der Waals surface area contributed by atoms with Crippen LogP contribution in [0.15, 0.2) is 11.1 Å². The molecule has 0 saturated heterocycles. The Bertz CT molecular complexity index is 623. The summed E-state index contributed by atoms with van der Waals surface area (Å²) in [6, 6.07) is 2.00. The van der Waals surface area contributed by atoms with Gasteiger partial charge < -0.3 is 9.47 Å². The highest BCUT2D eigenvalue weighted by atomic mass is 16.5. The number of hydrogen-bond donors (Lipinski definition) is 0. The lowest BCUT2D eigenvalue weighted by molar-refractivity contribution is -0.146. The largest absolute Gasteiger partial charge is 0.465 e. The number of fused-ring (bicyclic) bond motifs is 1. The average molecular weight is 347 g/mol. The van der Waals surface area contributed by atoms with Crippen LogP contribution >= 0.6 is 0 Å². The Balaban J connectivity index is 2.31. The summed E-state index contributed by atoms with van der Waals surface area (Å²) in [7, 11) is 0. The first-order valence-electron chi connectivity index (χ1n) is 9.12. The van der Waals surface area contributed by atoms with Gasteiger partial charge in [-0.2, -0.15) is 5.26 Å². The molecule has 3 atom stereocenters. The third-order valence-electron chi connectivity index (χ3n) is 5.26. The Labute approximate surface area is 150 Å². The minimum absolute atomic E-state index is 0.0634. The lowest BCUT2D eigenvalue weighted by Gasteiger charge is -2.40. The van der Waals surface area contributed by atoms with Crippen molar-refractivity contribution in [3.63, 3.8) is 0 Å². The first kappa shape index (κ1) is 19.7. The number of ketones is 1. The van der Waals surface area contributed by atoms with Crippen LogP contribution in [0.5, 0.6) is 0 Å². The quantitative estimate of drug-likeness (QED) is 0.708. The number of nitrogens with zero attached hydrogens (tertiary/aromatic N) is 1. The van der Waals surface area contributed by atoms with Crippen molar-refractivity contribution in [2.75, 3.05) is 6.61 Å². The van der Waals surface area contributed by atoms with Crippen LogP contribution in [0.1, 0.15) is 66.7 Å². The predicted octanol–water partition coefficient (Wildman–Crippen LogP) is 3.72. The Hall–Kier alpha value is -1.67. The van der Waals surface area contributed by atoms with E-state index in [-0.39, 0.29) is 35.9 Å². The number of Topliss-reactive ketones (excluding diaryl/α,β-unsaturated/α-hetero) is 1. The molecule has 0 N–H and O–H groups in total. The average Bonchev–Trinajstić information content (AvgIpc) is 2.83. The van der Waals surface area contributed by atoms with Gasteiger partial charge in [-0.1, -0.05) is 12.5 Å². The van der Waals surface area contributed by atoms with Crippen molar-refractivity contribution in [3.8, 4) is 6.07 Å². The highest BCUT2D eigenvalue weighted by Gasteiger charge is 2.49. The van der Waals surface area contributed by atoms with E-state index in [1.54, 1.807) is 6.92 Å². The Morgan fingerprint density at radius 3 is 2.64 bits per heavy atom. The Morgan fingerprint density at radius 1 is 1.40 bits per heavy atom. The van der Waals surface area contributed by atoms with E-state index < -0.39 is 11.9 Å². The SMILES string of the molecule is CCOC(=O)C(C#N)CC1=C2CC[C@@H](OC(C)(C)C)[C@]2(C)CCC1=O. The molecule has 1 fully saturated rings. The standard InChI is InChI=1S/C20H29NO4/c1-6-24-18(23)13(12-21)11-14-15-7-8-17(25-19(2,3)4)20(15,5)10-9-16(14)22/h13,17H,6-11H2,1-5H3/t13?,17-,20-/m1/s1. The van der Waals surface area contributed by atoms with Gasteiger partial charge in [-0.25, -0.2) is 0 Å². The molecule has 0 aromatic rings. The van der Waals surface area contributed by atoms with E-state index in [2.05, 4.69) is 6.92 Å². The molecule has 1 saturated carbocycles. The van der Waals surface area contributed by atoms with Gasteiger partial charge in [-0.3, -0.25) is 9.59 Å². The molecule has 138 valence electrons. The smallest absolute Gasteiger partial charge is 0.323 e. The van der Waals surface area contributed by atoms with Gasteiger partial charge in [-0.15, -0.1) is 0 Å². The maximum Gasteiger partial charge on any atom is 0.323 e. The summed E-state index contributed by atoms with van der Waals surface area (Å²) in [6.07, 6.45) is 3.09. The molecule has 5 nitrogen and oxygen atoms in total. The van der Waals surface area contributed by atoms with Crippen LogP contribution < -0.4 is 0 Å². The van der Waals surface area contributed by atoms with Gasteiger partial charge in [0.15, 0.2) is 5.78 Å². The third kappa shape index (κ3) is 4.12. The van der Waals surface area contributed by atoms with Crippen LogP contribution in [0.25, 0.3) is 0 Å². The van der Waals surface area contributed by atoms with Crippen molar-refractivity contribution < 1.29 is 19.1 Å². The van der Waals surface area contributed by atoms with Gasteiger partial charge in [-0.05, 0) is 52.5 Å². The molecule has 0 radical (unpaired) electrons. The minimum atomic E-state index is -0.920. The van der Waals surface area contributed by atoms with Gasteiger partial charge in [0.1, 0.15) is 5.92 Å². The highest BCUT2D eigenvalue weighted by Crippen LogP contribution is 2.53. The van der Waals surface area contributed by atoms with Gasteiger partial charge in [0.05, 0.1) is 24.4 Å². The summed E-state index contributed by atoms with van der Waals surface area (Å²) in [5.74, 6) is -1.40. The summed E-state index contributed by atoms with van der Waals surface area (Å²) in [5.41, 5.74) is 1.31. The lowest BCUT2D eigenvalue weighted by Crippen LogP contribution is -2.39. The number of carbonyl (C=O) groups is 2. The molecule has 2 aliphatic rings. The van der Waals surface area contributed by atoms with E-state index in [4.69, 9.17) is 9.47 Å². The van der Waals surface area contributed by atoms with Crippen molar-refractivity contribution in [1.82, 2.24) is 0 Å². The maximum absolute atomic E-state index is 12.5. The second kappa shape index (κ2) is 7.29. The zero-order valence-electron chi connectivity index (χ0n) is 16.0. The zero-order valence-corrected chi connectivity index (χ0v) is 16.0. The molecule has 0 spiro atoms. The summed E-state index contributed by atoms with van der Waals surface area (Å²) < 4.78 is 11.2. The van der Waals surface area contributed by atoms with Crippen LogP contribution in [-0.2, 0) is 19.1 Å².